The molecule has 2 aromatic heterocycles. The van der Waals surface area contributed by atoms with Gasteiger partial charge >= 0.3 is 0 Å². The first kappa shape index (κ1) is 39.0. The van der Waals surface area contributed by atoms with Crippen molar-refractivity contribution in [2.45, 2.75) is 50.5 Å². The summed E-state index contributed by atoms with van der Waals surface area (Å²) in [7, 11) is 3.15. The van der Waals surface area contributed by atoms with Gasteiger partial charge in [0.05, 0.1) is 22.8 Å². The molecule has 5 amide bonds. The number of likely N-dealkylation sites (tertiary alicyclic amines) is 1. The second kappa shape index (κ2) is 16.2. The summed E-state index contributed by atoms with van der Waals surface area (Å²) in [6.07, 6.45) is 5.68. The number of nitrogens with zero attached hydrogens (tertiary/aromatic N) is 6. The summed E-state index contributed by atoms with van der Waals surface area (Å²) in [5, 5.41) is 9.12. The number of hydrogen-bond donors (Lipinski definition) is 3. The van der Waals surface area contributed by atoms with Gasteiger partial charge in [-0.1, -0.05) is 17.7 Å². The number of pyridine rings is 1. The van der Waals surface area contributed by atoms with E-state index in [1.165, 1.54) is 11.6 Å². The lowest BCUT2D eigenvalue weighted by atomic mass is 9.87. The highest BCUT2D eigenvalue weighted by molar-refractivity contribution is 6.33. The molecule has 1 unspecified atom stereocenters. The summed E-state index contributed by atoms with van der Waals surface area (Å²) in [6.45, 7) is 4.21. The topological polar surface area (TPSA) is 188 Å². The highest BCUT2D eigenvalue weighted by Gasteiger charge is 2.45. The third-order valence-electron chi connectivity index (χ3n) is 11.8. The van der Waals surface area contributed by atoms with Crippen LogP contribution in [0.3, 0.4) is 0 Å². The molecule has 4 aliphatic heterocycles. The third kappa shape index (κ3) is 7.73. The number of aromatic nitrogens is 3. The van der Waals surface area contributed by atoms with Crippen molar-refractivity contribution in [2.24, 2.45) is 13.0 Å². The van der Waals surface area contributed by atoms with Crippen LogP contribution < -0.4 is 31.1 Å². The summed E-state index contributed by atoms with van der Waals surface area (Å²) < 4.78 is 6.98. The Morgan fingerprint density at radius 3 is 2.43 bits per heavy atom. The quantitative estimate of drug-likeness (QED) is 0.199. The number of fused-ring (bicyclic) bond motifs is 2. The number of carbonyl (C=O) groups is 5. The summed E-state index contributed by atoms with van der Waals surface area (Å²) in [5.41, 5.74) is 2.72. The maximum atomic E-state index is 13.4. The predicted octanol–water partition coefficient (Wildman–Crippen LogP) is 3.35. The van der Waals surface area contributed by atoms with Crippen molar-refractivity contribution in [1.29, 1.82) is 0 Å². The molecular formula is C41H44ClN9O7. The zero-order chi connectivity index (χ0) is 40.7. The van der Waals surface area contributed by atoms with Crippen LogP contribution in [-0.2, 0) is 21.4 Å². The number of rotatable bonds is 10. The molecule has 4 aromatic rings. The molecule has 302 valence electrons. The fraction of sp³-hybridized carbons (Fsp3) is 0.415. The molecule has 3 fully saturated rings. The maximum absolute atomic E-state index is 13.4. The minimum Gasteiger partial charge on any atom is -0.478 e. The average Bonchev–Trinajstić information content (AvgIpc) is 3.47. The smallest absolute Gasteiger partial charge is 0.293 e. The van der Waals surface area contributed by atoms with Gasteiger partial charge in [-0.3, -0.25) is 39.0 Å². The number of anilines is 3. The number of benzene rings is 2. The van der Waals surface area contributed by atoms with E-state index in [-0.39, 0.29) is 42.6 Å². The monoisotopic (exact) mass is 809 g/mol. The van der Waals surface area contributed by atoms with Crippen molar-refractivity contribution in [1.82, 2.24) is 35.0 Å². The van der Waals surface area contributed by atoms with Crippen LogP contribution in [0.15, 0.2) is 53.5 Å². The Morgan fingerprint density at radius 1 is 0.931 bits per heavy atom. The molecule has 0 aliphatic carbocycles. The van der Waals surface area contributed by atoms with E-state index in [0.717, 1.165) is 74.3 Å². The summed E-state index contributed by atoms with van der Waals surface area (Å²) in [6, 6.07) is 11.6. The molecule has 17 heteroatoms. The number of likely N-dealkylation sites (N-methyl/N-ethyl adjacent to an activating group) is 1. The molecule has 0 bridgehead atoms. The van der Waals surface area contributed by atoms with Crippen molar-refractivity contribution in [2.75, 3.05) is 56.6 Å². The molecule has 3 N–H and O–H groups in total. The van der Waals surface area contributed by atoms with Gasteiger partial charge in [0.1, 0.15) is 11.1 Å². The van der Waals surface area contributed by atoms with E-state index >= 15 is 0 Å². The number of hydrogen-bond acceptors (Lipinski definition) is 12. The normalized spacial score (nSPS) is 19.4. The first-order valence-electron chi connectivity index (χ1n) is 19.6. The van der Waals surface area contributed by atoms with Crippen LogP contribution in [-0.4, -0.2) is 106 Å². The van der Waals surface area contributed by atoms with Gasteiger partial charge < -0.3 is 29.7 Å². The number of imide groups is 2. The minimum absolute atomic E-state index is 0.0714. The zero-order valence-electron chi connectivity index (χ0n) is 32.3. The number of halogens is 1. The van der Waals surface area contributed by atoms with Gasteiger partial charge in [0.25, 0.3) is 23.3 Å². The summed E-state index contributed by atoms with van der Waals surface area (Å²) in [4.78, 5) is 90.1. The van der Waals surface area contributed by atoms with Gasteiger partial charge in [0.15, 0.2) is 18.2 Å². The second-order valence-electron chi connectivity index (χ2n) is 15.4. The lowest BCUT2D eigenvalue weighted by molar-refractivity contribution is -0.136. The second-order valence-corrected chi connectivity index (χ2v) is 15.8. The summed E-state index contributed by atoms with van der Waals surface area (Å²) in [5.74, 6) is -0.392. The molecule has 6 heterocycles. The molecule has 8 rings (SSSR count). The first-order chi connectivity index (χ1) is 28.0. The zero-order valence-corrected chi connectivity index (χ0v) is 33.0. The molecular weight excluding hydrogens is 766 g/mol. The Balaban J connectivity index is 0.842. The van der Waals surface area contributed by atoms with Crippen LogP contribution in [0.2, 0.25) is 5.02 Å². The van der Waals surface area contributed by atoms with Gasteiger partial charge in [-0.2, -0.15) is 4.98 Å². The van der Waals surface area contributed by atoms with Gasteiger partial charge in [-0.25, -0.2) is 4.98 Å². The number of ether oxygens (including phenoxy) is 1. The van der Waals surface area contributed by atoms with E-state index in [1.54, 1.807) is 25.4 Å². The van der Waals surface area contributed by atoms with Crippen LogP contribution in [0, 0.1) is 5.92 Å². The van der Waals surface area contributed by atoms with Crippen molar-refractivity contribution in [3.8, 4) is 5.75 Å². The lowest BCUT2D eigenvalue weighted by Gasteiger charge is -2.38. The Labute approximate surface area is 338 Å². The molecule has 0 spiro atoms. The highest BCUT2D eigenvalue weighted by atomic mass is 35.5. The SMILES string of the molecule is CNC(=O)COc1cc2cc(Nc3nc(N4CCC(CN5CCC(c6ccc7c(c6)C(=O)N(C6CCC(=O)NC6=O)C7=O)CC5)CC4)ncc3Cl)ccc2n(C)c1=O. The van der Waals surface area contributed by atoms with Gasteiger partial charge in [-0.15, -0.1) is 0 Å². The molecule has 0 radical (unpaired) electrons. The van der Waals surface area contributed by atoms with Crippen molar-refractivity contribution >= 4 is 69.5 Å². The van der Waals surface area contributed by atoms with Gasteiger partial charge in [-0.05, 0) is 99.0 Å². The minimum atomic E-state index is -0.973. The third-order valence-corrected chi connectivity index (χ3v) is 12.0. The van der Waals surface area contributed by atoms with E-state index in [0.29, 0.717) is 45.0 Å². The predicted molar refractivity (Wildman–Crippen MR) is 216 cm³/mol. The van der Waals surface area contributed by atoms with E-state index in [1.807, 2.05) is 30.3 Å². The van der Waals surface area contributed by atoms with Crippen molar-refractivity contribution < 1.29 is 28.7 Å². The fourth-order valence-corrected chi connectivity index (χ4v) is 8.59. The Hall–Kier alpha value is -5.87. The van der Waals surface area contributed by atoms with Crippen LogP contribution >= 0.6 is 11.6 Å². The largest absolute Gasteiger partial charge is 0.478 e. The average molecular weight is 810 g/mol. The number of carbonyl (C=O) groups excluding carboxylic acids is 5. The maximum Gasteiger partial charge on any atom is 0.293 e. The molecule has 4 aliphatic rings. The van der Waals surface area contributed by atoms with E-state index in [9.17, 15) is 28.8 Å². The lowest BCUT2D eigenvalue weighted by Crippen LogP contribution is -2.54. The Morgan fingerprint density at radius 2 is 1.69 bits per heavy atom. The molecule has 3 saturated heterocycles. The molecule has 1 atom stereocenters. The van der Waals surface area contributed by atoms with Crippen LogP contribution in [0.1, 0.15) is 70.7 Å². The van der Waals surface area contributed by atoms with E-state index in [2.05, 4.69) is 30.7 Å². The van der Waals surface area contributed by atoms with Crippen LogP contribution in [0.4, 0.5) is 17.5 Å². The molecule has 16 nitrogen and oxygen atoms in total. The standard InChI is InChI=1S/C41H44ClN9O7/c1-43-35(53)22-58-33-19-26-17-27(4-6-31(26)48(2)40(33)57)45-36-30(42)20-44-41(47-36)50-15-9-23(10-16-50)21-49-13-11-24(12-14-49)25-3-5-28-29(18-25)39(56)51(38(28)55)32-7-8-34(52)46-37(32)54/h3-6,17-20,23-24,32H,7-16,21-22H2,1-2H3,(H,43,53)(H,44,45,47)(H,46,52,54). The Kier molecular flexibility index (Phi) is 10.9. The number of nitrogens with one attached hydrogen (secondary N) is 3. The van der Waals surface area contributed by atoms with Gasteiger partial charge in [0.2, 0.25) is 17.8 Å². The summed E-state index contributed by atoms with van der Waals surface area (Å²) >= 11 is 6.55. The number of piperidine rings is 3. The van der Waals surface area contributed by atoms with Crippen LogP contribution in [0.25, 0.3) is 10.9 Å². The molecule has 58 heavy (non-hydrogen) atoms. The molecule has 2 aromatic carbocycles. The van der Waals surface area contributed by atoms with E-state index in [4.69, 9.17) is 21.3 Å². The number of amides is 5. The first-order valence-corrected chi connectivity index (χ1v) is 19.9. The highest BCUT2D eigenvalue weighted by Crippen LogP contribution is 2.35. The Bertz CT molecular complexity index is 2390. The molecule has 0 saturated carbocycles. The van der Waals surface area contributed by atoms with Crippen LogP contribution in [0.5, 0.6) is 5.75 Å². The van der Waals surface area contributed by atoms with E-state index < -0.39 is 29.7 Å². The van der Waals surface area contributed by atoms with Gasteiger partial charge in [0, 0.05) is 51.2 Å². The number of aryl methyl sites for hydroxylation is 1. The fourth-order valence-electron chi connectivity index (χ4n) is 8.46. The van der Waals surface area contributed by atoms with Crippen molar-refractivity contribution in [3.63, 3.8) is 0 Å². The van der Waals surface area contributed by atoms with Crippen molar-refractivity contribution in [3.05, 3.63) is 80.7 Å².